The van der Waals surface area contributed by atoms with E-state index in [4.69, 9.17) is 20.8 Å². The third-order valence-electron chi connectivity index (χ3n) is 3.05. The summed E-state index contributed by atoms with van der Waals surface area (Å²) < 4.78 is 10.1. The van der Waals surface area contributed by atoms with E-state index in [9.17, 15) is 19.7 Å². The molecule has 0 aliphatic carbocycles. The van der Waals surface area contributed by atoms with E-state index in [0.717, 1.165) is 6.07 Å². The Balaban J connectivity index is 1.96. The van der Waals surface area contributed by atoms with Crippen LogP contribution in [0, 0.1) is 10.1 Å². The summed E-state index contributed by atoms with van der Waals surface area (Å²) in [6.45, 7) is 1.54. The van der Waals surface area contributed by atoms with E-state index in [1.54, 1.807) is 12.1 Å². The van der Waals surface area contributed by atoms with E-state index in [1.165, 1.54) is 25.3 Å². The van der Waals surface area contributed by atoms with Crippen LogP contribution in [0.1, 0.15) is 23.0 Å². The first-order valence-corrected chi connectivity index (χ1v) is 7.21. The van der Waals surface area contributed by atoms with Crippen molar-refractivity contribution in [2.75, 3.05) is 0 Å². The standard InChI is InChI=1S/C15H13ClN2O6/c1-9(14(19)17-8-11-3-2-6-23-11)24-15(20)10-4-5-12(16)13(7-10)18(21)22/h2-7,9H,8H2,1H3,(H,17,19)/t9-/m1/s1. The second-order valence-corrected chi connectivity index (χ2v) is 5.18. The average molecular weight is 353 g/mol. The molecule has 0 bridgehead atoms. The van der Waals surface area contributed by atoms with Crippen LogP contribution >= 0.6 is 11.6 Å². The number of nitro benzene ring substituents is 1. The van der Waals surface area contributed by atoms with Crippen molar-refractivity contribution in [3.05, 3.63) is 63.1 Å². The van der Waals surface area contributed by atoms with Crippen LogP contribution in [-0.2, 0) is 16.1 Å². The fourth-order valence-corrected chi connectivity index (χ4v) is 1.98. The Bertz CT molecular complexity index is 759. The summed E-state index contributed by atoms with van der Waals surface area (Å²) in [7, 11) is 0. The Morgan fingerprint density at radius 1 is 1.42 bits per heavy atom. The van der Waals surface area contributed by atoms with Gasteiger partial charge in [-0.05, 0) is 31.2 Å². The monoisotopic (exact) mass is 352 g/mol. The summed E-state index contributed by atoms with van der Waals surface area (Å²) in [5.74, 6) is -0.839. The van der Waals surface area contributed by atoms with Crippen LogP contribution in [-0.4, -0.2) is 22.9 Å². The van der Waals surface area contributed by atoms with Crippen molar-refractivity contribution in [1.29, 1.82) is 0 Å². The number of rotatable bonds is 6. The molecule has 0 radical (unpaired) electrons. The minimum absolute atomic E-state index is 0.0724. The van der Waals surface area contributed by atoms with Crippen LogP contribution < -0.4 is 5.32 Å². The first-order chi connectivity index (χ1) is 11.4. The second kappa shape index (κ2) is 7.60. The van der Waals surface area contributed by atoms with Gasteiger partial charge in [0.2, 0.25) is 0 Å². The largest absolute Gasteiger partial charge is 0.467 e. The van der Waals surface area contributed by atoms with E-state index >= 15 is 0 Å². The SMILES string of the molecule is C[C@@H](OC(=O)c1ccc(Cl)c([N+](=O)[O-])c1)C(=O)NCc1ccco1. The van der Waals surface area contributed by atoms with Crippen molar-refractivity contribution >= 4 is 29.2 Å². The molecule has 2 aromatic rings. The minimum atomic E-state index is -1.08. The number of ether oxygens (including phenoxy) is 1. The minimum Gasteiger partial charge on any atom is -0.467 e. The molecule has 1 amide bonds. The molecule has 0 saturated heterocycles. The van der Waals surface area contributed by atoms with Gasteiger partial charge in [-0.25, -0.2) is 4.79 Å². The Kier molecular flexibility index (Phi) is 5.54. The number of esters is 1. The highest BCUT2D eigenvalue weighted by atomic mass is 35.5. The summed E-state index contributed by atoms with van der Waals surface area (Å²) in [5.41, 5.74) is -0.488. The zero-order chi connectivity index (χ0) is 17.7. The van der Waals surface area contributed by atoms with E-state index in [0.29, 0.717) is 5.76 Å². The fourth-order valence-electron chi connectivity index (χ4n) is 1.79. The summed E-state index contributed by atoms with van der Waals surface area (Å²) in [4.78, 5) is 34.0. The molecule has 126 valence electrons. The van der Waals surface area contributed by atoms with Crippen molar-refractivity contribution in [1.82, 2.24) is 5.32 Å². The number of hydrogen-bond acceptors (Lipinski definition) is 6. The van der Waals surface area contributed by atoms with Crippen molar-refractivity contribution < 1.29 is 23.7 Å². The predicted molar refractivity (Wildman–Crippen MR) is 83.5 cm³/mol. The zero-order valence-corrected chi connectivity index (χ0v) is 13.3. The van der Waals surface area contributed by atoms with Crippen LogP contribution in [0.2, 0.25) is 5.02 Å². The number of amides is 1. The maximum absolute atomic E-state index is 12.0. The Labute approximate surface area is 141 Å². The van der Waals surface area contributed by atoms with E-state index < -0.39 is 28.6 Å². The lowest BCUT2D eigenvalue weighted by Gasteiger charge is -2.13. The highest BCUT2D eigenvalue weighted by molar-refractivity contribution is 6.32. The van der Waals surface area contributed by atoms with Gasteiger partial charge in [0.15, 0.2) is 6.10 Å². The Morgan fingerprint density at radius 2 is 2.17 bits per heavy atom. The normalized spacial score (nSPS) is 11.6. The van der Waals surface area contributed by atoms with Crippen molar-refractivity contribution in [2.24, 2.45) is 0 Å². The molecule has 9 heteroatoms. The van der Waals surface area contributed by atoms with Crippen molar-refractivity contribution in [2.45, 2.75) is 19.6 Å². The molecule has 24 heavy (non-hydrogen) atoms. The van der Waals surface area contributed by atoms with Gasteiger partial charge in [0.05, 0.1) is 23.3 Å². The number of nitro groups is 1. The van der Waals surface area contributed by atoms with Crippen LogP contribution in [0.4, 0.5) is 5.69 Å². The molecule has 0 aliphatic heterocycles. The highest BCUT2D eigenvalue weighted by Gasteiger charge is 2.21. The van der Waals surface area contributed by atoms with Gasteiger partial charge in [0.1, 0.15) is 10.8 Å². The maximum atomic E-state index is 12.0. The first-order valence-electron chi connectivity index (χ1n) is 6.83. The number of benzene rings is 1. The molecule has 0 aliphatic rings. The van der Waals surface area contributed by atoms with Gasteiger partial charge in [-0.3, -0.25) is 14.9 Å². The number of carbonyl (C=O) groups is 2. The number of nitrogens with one attached hydrogen (secondary N) is 1. The molecule has 0 unspecified atom stereocenters. The van der Waals surface area contributed by atoms with Gasteiger partial charge in [-0.15, -0.1) is 0 Å². The Morgan fingerprint density at radius 3 is 2.79 bits per heavy atom. The van der Waals surface area contributed by atoms with Crippen molar-refractivity contribution in [3.8, 4) is 0 Å². The second-order valence-electron chi connectivity index (χ2n) is 4.77. The lowest BCUT2D eigenvalue weighted by molar-refractivity contribution is -0.384. The molecular weight excluding hydrogens is 340 g/mol. The van der Waals surface area contributed by atoms with Gasteiger partial charge >= 0.3 is 5.97 Å². The number of halogens is 1. The number of nitrogens with zero attached hydrogens (tertiary/aromatic N) is 1. The van der Waals surface area contributed by atoms with Gasteiger partial charge in [-0.1, -0.05) is 11.6 Å². The quantitative estimate of drug-likeness (QED) is 0.486. The Hall–Kier alpha value is -2.87. The summed E-state index contributed by atoms with van der Waals surface area (Å²) in [5, 5.41) is 13.3. The van der Waals surface area contributed by atoms with Crippen LogP contribution in [0.25, 0.3) is 0 Å². The van der Waals surface area contributed by atoms with Gasteiger partial charge < -0.3 is 14.5 Å². The van der Waals surface area contributed by atoms with Gasteiger partial charge in [-0.2, -0.15) is 0 Å². The molecule has 0 saturated carbocycles. The topological polar surface area (TPSA) is 112 Å². The van der Waals surface area contributed by atoms with Crippen LogP contribution in [0.5, 0.6) is 0 Å². The molecule has 1 heterocycles. The number of carbonyl (C=O) groups excluding carboxylic acids is 2. The maximum Gasteiger partial charge on any atom is 0.339 e. The summed E-state index contributed by atoms with van der Waals surface area (Å²) >= 11 is 5.68. The number of furan rings is 1. The smallest absolute Gasteiger partial charge is 0.339 e. The van der Waals surface area contributed by atoms with Crippen molar-refractivity contribution in [3.63, 3.8) is 0 Å². The molecule has 1 aromatic carbocycles. The molecule has 0 spiro atoms. The molecular formula is C15H13ClN2O6. The molecule has 1 aromatic heterocycles. The average Bonchev–Trinajstić information content (AvgIpc) is 3.05. The summed E-state index contributed by atoms with van der Waals surface area (Å²) in [6.07, 6.45) is 0.389. The highest BCUT2D eigenvalue weighted by Crippen LogP contribution is 2.25. The zero-order valence-electron chi connectivity index (χ0n) is 12.5. The van der Waals surface area contributed by atoms with Gasteiger partial charge in [0.25, 0.3) is 11.6 Å². The fraction of sp³-hybridized carbons (Fsp3) is 0.200. The molecule has 1 N–H and O–H groups in total. The van der Waals surface area contributed by atoms with Crippen LogP contribution in [0.15, 0.2) is 41.0 Å². The van der Waals surface area contributed by atoms with Crippen LogP contribution in [0.3, 0.4) is 0 Å². The first kappa shape index (κ1) is 17.5. The lowest BCUT2D eigenvalue weighted by Crippen LogP contribution is -2.35. The molecule has 1 atom stereocenters. The summed E-state index contributed by atoms with van der Waals surface area (Å²) in [6, 6.07) is 6.86. The number of hydrogen-bond donors (Lipinski definition) is 1. The van der Waals surface area contributed by atoms with Gasteiger partial charge in [0, 0.05) is 6.07 Å². The molecule has 0 fully saturated rings. The van der Waals surface area contributed by atoms with E-state index in [2.05, 4.69) is 5.32 Å². The lowest BCUT2D eigenvalue weighted by atomic mass is 10.2. The third-order valence-corrected chi connectivity index (χ3v) is 3.37. The molecule has 8 nitrogen and oxygen atoms in total. The third kappa shape index (κ3) is 4.32. The van der Waals surface area contributed by atoms with E-state index in [1.807, 2.05) is 0 Å². The molecule has 2 rings (SSSR count). The predicted octanol–water partition coefficient (Wildman–Crippen LogP) is 2.70. The van der Waals surface area contributed by atoms with E-state index in [-0.39, 0.29) is 17.1 Å².